The monoisotopic (exact) mass is 501 g/mol. The van der Waals surface area contributed by atoms with Crippen LogP contribution in [-0.2, 0) is 19.5 Å². The molecule has 0 aliphatic heterocycles. The van der Waals surface area contributed by atoms with Crippen molar-refractivity contribution in [3.8, 4) is 0 Å². The second kappa shape index (κ2) is 9.95. The molecule has 2 N–H and O–H groups in total. The molecule has 0 radical (unpaired) electrons. The molecule has 0 bridgehead atoms. The molecule has 0 aliphatic rings. The maximum atomic E-state index is 14.4. The summed E-state index contributed by atoms with van der Waals surface area (Å²) in [5.74, 6) is -0.698. The Morgan fingerprint density at radius 3 is 2.61 bits per heavy atom. The molecule has 2 aromatic carbocycles. The number of hydrogen-bond acceptors (Lipinski definition) is 3. The number of amides is 1. The van der Waals surface area contributed by atoms with Gasteiger partial charge in [-0.25, -0.2) is 4.39 Å². The summed E-state index contributed by atoms with van der Waals surface area (Å²) in [5.41, 5.74) is 6.64. The fraction of sp³-hybridized carbons (Fsp3) is 0.179. The highest BCUT2D eigenvalue weighted by Crippen LogP contribution is 2.25. The van der Waals surface area contributed by atoms with E-state index in [9.17, 15) is 9.18 Å². The SMILES string of the molecule is Cc1cc(C)n(Cc2ccc(Cc3cc(C(=O)NCc4cc5c(Cl)c[nH]c5cc4F)ccn3)cc2)n1. The van der Waals surface area contributed by atoms with Gasteiger partial charge in [0.05, 0.1) is 17.3 Å². The quantitative estimate of drug-likeness (QED) is 0.298. The molecule has 0 fully saturated rings. The van der Waals surface area contributed by atoms with Crippen LogP contribution in [0.2, 0.25) is 5.02 Å². The molecular weight excluding hydrogens is 477 g/mol. The normalized spacial score (nSPS) is 11.2. The smallest absolute Gasteiger partial charge is 0.251 e. The predicted octanol–water partition coefficient (Wildman–Crippen LogP) is 5.74. The van der Waals surface area contributed by atoms with Gasteiger partial charge in [0.2, 0.25) is 0 Å². The van der Waals surface area contributed by atoms with Crippen LogP contribution < -0.4 is 5.32 Å². The van der Waals surface area contributed by atoms with Gasteiger partial charge in [0.1, 0.15) is 5.82 Å². The number of benzene rings is 2. The van der Waals surface area contributed by atoms with E-state index in [1.807, 2.05) is 11.6 Å². The molecule has 6 nitrogen and oxygen atoms in total. The van der Waals surface area contributed by atoms with Crippen LogP contribution in [0.5, 0.6) is 0 Å². The van der Waals surface area contributed by atoms with E-state index >= 15 is 0 Å². The average molecular weight is 502 g/mol. The maximum absolute atomic E-state index is 14.4. The van der Waals surface area contributed by atoms with Crippen molar-refractivity contribution in [2.24, 2.45) is 0 Å². The Morgan fingerprint density at radius 2 is 1.86 bits per heavy atom. The molecule has 1 amide bonds. The number of nitrogens with one attached hydrogen (secondary N) is 2. The number of pyridine rings is 1. The first kappa shape index (κ1) is 23.8. The Kier molecular flexibility index (Phi) is 6.57. The number of rotatable bonds is 7. The zero-order valence-corrected chi connectivity index (χ0v) is 20.7. The van der Waals surface area contributed by atoms with Gasteiger partial charge in [-0.05, 0) is 55.3 Å². The summed E-state index contributed by atoms with van der Waals surface area (Å²) < 4.78 is 16.4. The minimum atomic E-state index is -0.405. The van der Waals surface area contributed by atoms with Crippen molar-refractivity contribution in [3.63, 3.8) is 0 Å². The molecule has 0 atom stereocenters. The van der Waals surface area contributed by atoms with Gasteiger partial charge in [0.15, 0.2) is 0 Å². The Bertz CT molecular complexity index is 1550. The molecule has 5 rings (SSSR count). The summed E-state index contributed by atoms with van der Waals surface area (Å²) in [6, 6.07) is 16.8. The predicted molar refractivity (Wildman–Crippen MR) is 139 cm³/mol. The molecule has 0 unspecified atom stereocenters. The second-order valence-corrected chi connectivity index (χ2v) is 9.33. The molecule has 0 saturated carbocycles. The van der Waals surface area contributed by atoms with Crippen LogP contribution in [0.15, 0.2) is 67.0 Å². The molecule has 0 spiro atoms. The van der Waals surface area contributed by atoms with E-state index in [4.69, 9.17) is 11.6 Å². The topological polar surface area (TPSA) is 75.6 Å². The summed E-state index contributed by atoms with van der Waals surface area (Å²) in [7, 11) is 0. The molecule has 36 heavy (non-hydrogen) atoms. The van der Waals surface area contributed by atoms with Crippen molar-refractivity contribution in [2.45, 2.75) is 33.4 Å². The first-order chi connectivity index (χ1) is 17.4. The highest BCUT2D eigenvalue weighted by Gasteiger charge is 2.12. The van der Waals surface area contributed by atoms with Crippen LogP contribution in [0, 0.1) is 19.7 Å². The first-order valence-electron chi connectivity index (χ1n) is 11.6. The third-order valence-corrected chi connectivity index (χ3v) is 6.47. The molecule has 5 aromatic rings. The lowest BCUT2D eigenvalue weighted by atomic mass is 10.1. The number of fused-ring (bicyclic) bond motifs is 1. The van der Waals surface area contributed by atoms with Gasteiger partial charge in [0, 0.05) is 58.8 Å². The van der Waals surface area contributed by atoms with Crippen LogP contribution >= 0.6 is 11.6 Å². The van der Waals surface area contributed by atoms with Crippen molar-refractivity contribution in [2.75, 3.05) is 0 Å². The average Bonchev–Trinajstić information content (AvgIpc) is 3.38. The van der Waals surface area contributed by atoms with Gasteiger partial charge in [-0.3, -0.25) is 14.5 Å². The van der Waals surface area contributed by atoms with Crippen molar-refractivity contribution < 1.29 is 9.18 Å². The Balaban J connectivity index is 1.23. The van der Waals surface area contributed by atoms with E-state index in [0.29, 0.717) is 28.1 Å². The molecule has 3 aromatic heterocycles. The van der Waals surface area contributed by atoms with Gasteiger partial charge in [-0.1, -0.05) is 35.9 Å². The summed E-state index contributed by atoms with van der Waals surface area (Å²) in [6.07, 6.45) is 3.83. The number of aromatic amines is 1. The number of aryl methyl sites for hydroxylation is 2. The van der Waals surface area contributed by atoms with Crippen LogP contribution in [0.4, 0.5) is 4.39 Å². The lowest BCUT2D eigenvalue weighted by molar-refractivity contribution is 0.0950. The van der Waals surface area contributed by atoms with Gasteiger partial charge in [-0.2, -0.15) is 5.10 Å². The van der Waals surface area contributed by atoms with Crippen molar-refractivity contribution in [1.82, 2.24) is 25.1 Å². The minimum Gasteiger partial charge on any atom is -0.360 e. The third kappa shape index (κ3) is 5.16. The van der Waals surface area contributed by atoms with Crippen LogP contribution in [0.25, 0.3) is 10.9 Å². The zero-order chi connectivity index (χ0) is 25.2. The summed E-state index contributed by atoms with van der Waals surface area (Å²) in [6.45, 7) is 4.81. The van der Waals surface area contributed by atoms with E-state index < -0.39 is 5.82 Å². The van der Waals surface area contributed by atoms with Crippen LogP contribution in [0.1, 0.15) is 44.1 Å². The molecule has 0 aliphatic carbocycles. The lowest BCUT2D eigenvalue weighted by Crippen LogP contribution is -2.23. The number of hydrogen-bond donors (Lipinski definition) is 2. The number of aromatic nitrogens is 4. The molecule has 0 saturated heterocycles. The zero-order valence-electron chi connectivity index (χ0n) is 20.0. The van der Waals surface area contributed by atoms with Crippen LogP contribution in [0.3, 0.4) is 0 Å². The highest BCUT2D eigenvalue weighted by molar-refractivity contribution is 6.35. The van der Waals surface area contributed by atoms with E-state index in [0.717, 1.165) is 40.1 Å². The lowest BCUT2D eigenvalue weighted by Gasteiger charge is -2.09. The number of halogens is 2. The van der Waals surface area contributed by atoms with E-state index in [1.54, 1.807) is 30.6 Å². The standard InChI is InChI=1S/C28H25ClFN5O/c1-17-9-18(2)35(34-17)16-20-5-3-19(4-6-20)10-23-11-21(7-8-31-23)28(36)33-14-22-12-24-25(29)15-32-27(24)13-26(22)30/h3-9,11-13,15,32H,10,14,16H2,1-2H3,(H,33,36). The third-order valence-electron chi connectivity index (χ3n) is 6.16. The number of carbonyl (C=O) groups is 1. The van der Waals surface area contributed by atoms with Crippen LogP contribution in [-0.4, -0.2) is 25.7 Å². The molecular formula is C28H25ClFN5O. The molecule has 3 heterocycles. The van der Waals surface area contributed by atoms with E-state index in [1.165, 1.54) is 6.07 Å². The van der Waals surface area contributed by atoms with E-state index in [2.05, 4.69) is 57.6 Å². The number of H-pyrrole nitrogens is 1. The van der Waals surface area contributed by atoms with E-state index in [-0.39, 0.29) is 12.5 Å². The van der Waals surface area contributed by atoms with Gasteiger partial charge in [0.25, 0.3) is 5.91 Å². The Hall–Kier alpha value is -3.97. The second-order valence-electron chi connectivity index (χ2n) is 8.92. The summed E-state index contributed by atoms with van der Waals surface area (Å²) in [5, 5.41) is 8.54. The van der Waals surface area contributed by atoms with Crippen molar-refractivity contribution >= 4 is 28.4 Å². The fourth-order valence-electron chi connectivity index (χ4n) is 4.26. The minimum absolute atomic E-state index is 0.0521. The fourth-order valence-corrected chi connectivity index (χ4v) is 4.47. The largest absolute Gasteiger partial charge is 0.360 e. The maximum Gasteiger partial charge on any atom is 0.251 e. The summed E-state index contributed by atoms with van der Waals surface area (Å²) in [4.78, 5) is 20.1. The number of nitrogens with zero attached hydrogens (tertiary/aromatic N) is 3. The summed E-state index contributed by atoms with van der Waals surface area (Å²) >= 11 is 6.14. The first-order valence-corrected chi connectivity index (χ1v) is 12.0. The van der Waals surface area contributed by atoms with Crippen molar-refractivity contribution in [1.29, 1.82) is 0 Å². The van der Waals surface area contributed by atoms with Crippen molar-refractivity contribution in [3.05, 3.63) is 117 Å². The number of carbonyl (C=O) groups excluding carboxylic acids is 1. The van der Waals surface area contributed by atoms with Gasteiger partial charge in [-0.15, -0.1) is 0 Å². The molecule has 182 valence electrons. The Morgan fingerprint density at radius 1 is 1.08 bits per heavy atom. The highest BCUT2D eigenvalue weighted by atomic mass is 35.5. The van der Waals surface area contributed by atoms with Gasteiger partial charge >= 0.3 is 0 Å². The van der Waals surface area contributed by atoms with Gasteiger partial charge < -0.3 is 10.3 Å². The Labute approximate surface area is 213 Å². The molecule has 8 heteroatoms.